The third-order valence-electron chi connectivity index (χ3n) is 2.95. The van der Waals surface area contributed by atoms with E-state index in [2.05, 4.69) is 28.6 Å². The van der Waals surface area contributed by atoms with Gasteiger partial charge in [-0.3, -0.25) is 9.78 Å². The lowest BCUT2D eigenvalue weighted by Crippen LogP contribution is -1.93. The largest absolute Gasteiger partial charge is 0.481 e. The van der Waals surface area contributed by atoms with Gasteiger partial charge in [-0.05, 0) is 42.3 Å². The average Bonchev–Trinajstić information content (AvgIpc) is 2.97. The predicted molar refractivity (Wildman–Crippen MR) is 81.7 cm³/mol. The Kier molecular flexibility index (Phi) is 5.50. The Morgan fingerprint density at radius 3 is 2.85 bits per heavy atom. The SMILES string of the molecule is O=C(O)CCCCC=C(c1cccnc1)c1cccs1. The van der Waals surface area contributed by atoms with Crippen LogP contribution in [0.5, 0.6) is 0 Å². The van der Waals surface area contributed by atoms with Gasteiger partial charge < -0.3 is 5.11 Å². The van der Waals surface area contributed by atoms with Crippen molar-refractivity contribution in [2.45, 2.75) is 25.7 Å². The highest BCUT2D eigenvalue weighted by Crippen LogP contribution is 2.27. The summed E-state index contributed by atoms with van der Waals surface area (Å²) in [6, 6.07) is 8.12. The van der Waals surface area contributed by atoms with Crippen molar-refractivity contribution in [1.82, 2.24) is 4.98 Å². The molecular formula is C16H17NO2S. The minimum absolute atomic E-state index is 0.245. The minimum Gasteiger partial charge on any atom is -0.481 e. The Morgan fingerprint density at radius 1 is 1.30 bits per heavy atom. The van der Waals surface area contributed by atoms with E-state index >= 15 is 0 Å². The van der Waals surface area contributed by atoms with Crippen LogP contribution in [0.3, 0.4) is 0 Å². The molecule has 2 aromatic heterocycles. The van der Waals surface area contributed by atoms with Gasteiger partial charge in [-0.15, -0.1) is 11.3 Å². The maximum absolute atomic E-state index is 10.5. The fraction of sp³-hybridized carbons (Fsp3) is 0.250. The van der Waals surface area contributed by atoms with Crippen molar-refractivity contribution in [2.75, 3.05) is 0 Å². The van der Waals surface area contributed by atoms with E-state index in [1.807, 2.05) is 18.3 Å². The van der Waals surface area contributed by atoms with Gasteiger partial charge in [0.1, 0.15) is 0 Å². The maximum atomic E-state index is 10.5. The molecule has 20 heavy (non-hydrogen) atoms. The molecule has 0 saturated carbocycles. The van der Waals surface area contributed by atoms with Crippen molar-refractivity contribution >= 4 is 22.9 Å². The third kappa shape index (κ3) is 4.31. The lowest BCUT2D eigenvalue weighted by atomic mass is 10.0. The fourth-order valence-electron chi connectivity index (χ4n) is 1.98. The highest BCUT2D eigenvalue weighted by molar-refractivity contribution is 7.11. The van der Waals surface area contributed by atoms with E-state index in [1.54, 1.807) is 17.5 Å². The first-order valence-corrected chi connectivity index (χ1v) is 7.51. The van der Waals surface area contributed by atoms with E-state index in [4.69, 9.17) is 5.11 Å². The molecule has 4 heteroatoms. The Labute approximate surface area is 122 Å². The predicted octanol–water partition coefficient (Wildman–Crippen LogP) is 4.22. The van der Waals surface area contributed by atoms with Crippen LogP contribution in [0.4, 0.5) is 0 Å². The van der Waals surface area contributed by atoms with Crippen LogP contribution in [-0.2, 0) is 4.79 Å². The van der Waals surface area contributed by atoms with Crippen LogP contribution >= 0.6 is 11.3 Å². The number of hydrogen-bond donors (Lipinski definition) is 1. The number of aliphatic carboxylic acids is 1. The van der Waals surface area contributed by atoms with E-state index in [-0.39, 0.29) is 6.42 Å². The lowest BCUT2D eigenvalue weighted by molar-refractivity contribution is -0.137. The number of rotatable bonds is 7. The minimum atomic E-state index is -0.722. The summed E-state index contributed by atoms with van der Waals surface area (Å²) in [6.45, 7) is 0. The normalized spacial score (nSPS) is 11.5. The molecule has 1 N–H and O–H groups in total. The van der Waals surface area contributed by atoms with Crippen molar-refractivity contribution in [1.29, 1.82) is 0 Å². The van der Waals surface area contributed by atoms with Gasteiger partial charge in [0.25, 0.3) is 0 Å². The number of hydrogen-bond acceptors (Lipinski definition) is 3. The number of aromatic nitrogens is 1. The van der Waals surface area contributed by atoms with Gasteiger partial charge >= 0.3 is 5.97 Å². The van der Waals surface area contributed by atoms with Crippen LogP contribution in [0.1, 0.15) is 36.1 Å². The highest BCUT2D eigenvalue weighted by Gasteiger charge is 2.05. The summed E-state index contributed by atoms with van der Waals surface area (Å²) < 4.78 is 0. The van der Waals surface area contributed by atoms with Crippen LogP contribution < -0.4 is 0 Å². The van der Waals surface area contributed by atoms with Crippen LogP contribution in [0.15, 0.2) is 48.1 Å². The smallest absolute Gasteiger partial charge is 0.303 e. The summed E-state index contributed by atoms with van der Waals surface area (Å²) in [6.07, 6.45) is 8.55. The summed E-state index contributed by atoms with van der Waals surface area (Å²) in [5.41, 5.74) is 2.29. The maximum Gasteiger partial charge on any atom is 0.303 e. The number of carboxylic acid groups (broad SMARTS) is 1. The summed E-state index contributed by atoms with van der Waals surface area (Å²) in [5.74, 6) is -0.722. The number of pyridine rings is 1. The number of carboxylic acids is 1. The summed E-state index contributed by atoms with van der Waals surface area (Å²) in [7, 11) is 0. The van der Waals surface area contributed by atoms with E-state index in [0.717, 1.165) is 24.8 Å². The molecule has 0 aliphatic heterocycles. The molecule has 0 aromatic carbocycles. The molecule has 0 aliphatic rings. The highest BCUT2D eigenvalue weighted by atomic mass is 32.1. The quantitative estimate of drug-likeness (QED) is 0.776. The molecule has 0 atom stereocenters. The van der Waals surface area contributed by atoms with Crippen LogP contribution in [0.2, 0.25) is 0 Å². The van der Waals surface area contributed by atoms with Crippen LogP contribution in [0.25, 0.3) is 5.57 Å². The molecule has 104 valence electrons. The number of thiophene rings is 1. The Bertz CT molecular complexity index is 561. The van der Waals surface area contributed by atoms with Gasteiger partial charge in [0.15, 0.2) is 0 Å². The summed E-state index contributed by atoms with van der Waals surface area (Å²) >= 11 is 1.70. The van der Waals surface area contributed by atoms with Crippen molar-refractivity contribution in [3.05, 3.63) is 58.6 Å². The second-order valence-electron chi connectivity index (χ2n) is 4.48. The van der Waals surface area contributed by atoms with E-state index in [0.29, 0.717) is 0 Å². The number of allylic oxidation sites excluding steroid dienone is 1. The zero-order chi connectivity index (χ0) is 14.2. The van der Waals surface area contributed by atoms with Gasteiger partial charge in [0.2, 0.25) is 0 Å². The van der Waals surface area contributed by atoms with Gasteiger partial charge in [0.05, 0.1) is 0 Å². The molecule has 2 rings (SSSR count). The number of nitrogens with zero attached hydrogens (tertiary/aromatic N) is 1. The van der Waals surface area contributed by atoms with Gasteiger partial charge in [-0.2, -0.15) is 0 Å². The zero-order valence-electron chi connectivity index (χ0n) is 11.2. The summed E-state index contributed by atoms with van der Waals surface area (Å²) in [4.78, 5) is 15.9. The molecule has 0 amide bonds. The lowest BCUT2D eigenvalue weighted by Gasteiger charge is -2.05. The molecule has 0 bridgehead atoms. The van der Waals surface area contributed by atoms with E-state index in [1.165, 1.54) is 10.5 Å². The molecule has 0 radical (unpaired) electrons. The van der Waals surface area contributed by atoms with Gasteiger partial charge in [-0.25, -0.2) is 0 Å². The van der Waals surface area contributed by atoms with Crippen LogP contribution in [-0.4, -0.2) is 16.1 Å². The zero-order valence-corrected chi connectivity index (χ0v) is 12.0. The Balaban J connectivity index is 2.06. The molecule has 2 heterocycles. The first-order chi connectivity index (χ1) is 9.77. The van der Waals surface area contributed by atoms with Crippen LogP contribution in [0, 0.1) is 0 Å². The molecule has 0 fully saturated rings. The molecule has 3 nitrogen and oxygen atoms in total. The standard InChI is InChI=1S/C16H17NO2S/c18-16(19)9-3-1-2-7-14(15-8-5-11-20-15)13-6-4-10-17-12-13/h4-8,10-12H,1-3,9H2,(H,18,19). The van der Waals surface area contributed by atoms with Gasteiger partial charge in [0, 0.05) is 29.3 Å². The monoisotopic (exact) mass is 287 g/mol. The molecular weight excluding hydrogens is 270 g/mol. The van der Waals surface area contributed by atoms with E-state index < -0.39 is 5.97 Å². The number of carbonyl (C=O) groups is 1. The van der Waals surface area contributed by atoms with E-state index in [9.17, 15) is 4.79 Å². The molecule has 0 spiro atoms. The Hall–Kier alpha value is -1.94. The van der Waals surface area contributed by atoms with Gasteiger partial charge in [-0.1, -0.05) is 18.2 Å². The van der Waals surface area contributed by atoms with Crippen molar-refractivity contribution < 1.29 is 9.90 Å². The second-order valence-corrected chi connectivity index (χ2v) is 5.42. The molecule has 0 unspecified atom stereocenters. The molecule has 0 aliphatic carbocycles. The summed E-state index contributed by atoms with van der Waals surface area (Å²) in [5, 5.41) is 10.7. The average molecular weight is 287 g/mol. The molecule has 0 saturated heterocycles. The second kappa shape index (κ2) is 7.60. The topological polar surface area (TPSA) is 50.2 Å². The number of unbranched alkanes of at least 4 members (excludes halogenated alkanes) is 2. The first kappa shape index (κ1) is 14.5. The molecule has 2 aromatic rings. The first-order valence-electron chi connectivity index (χ1n) is 6.63. The van der Waals surface area contributed by atoms with Crippen molar-refractivity contribution in [3.63, 3.8) is 0 Å². The third-order valence-corrected chi connectivity index (χ3v) is 3.86. The fourth-order valence-corrected chi connectivity index (χ4v) is 2.77. The van der Waals surface area contributed by atoms with Crippen molar-refractivity contribution in [2.24, 2.45) is 0 Å². The Morgan fingerprint density at radius 2 is 2.20 bits per heavy atom. The van der Waals surface area contributed by atoms with Crippen molar-refractivity contribution in [3.8, 4) is 0 Å².